The molecule has 0 fully saturated rings. The number of hydrogen-bond donors (Lipinski definition) is 1. The van der Waals surface area contributed by atoms with Gasteiger partial charge in [-0.2, -0.15) is 0 Å². The molecule has 3 rings (SSSR count). The summed E-state index contributed by atoms with van der Waals surface area (Å²) >= 11 is 0. The average Bonchev–Trinajstić information content (AvgIpc) is 2.84. The van der Waals surface area contributed by atoms with Crippen LogP contribution in [0.3, 0.4) is 0 Å². The smallest absolute Gasteiger partial charge is 0.270 e. The lowest BCUT2D eigenvalue weighted by Gasteiger charge is -2.11. The summed E-state index contributed by atoms with van der Waals surface area (Å²) in [7, 11) is 0. The van der Waals surface area contributed by atoms with Crippen molar-refractivity contribution >= 4 is 11.6 Å². The second-order valence-corrected chi connectivity index (χ2v) is 5.77. The number of fused-ring (bicyclic) bond motifs is 1. The molecule has 0 unspecified atom stereocenters. The standard InChI is InChI=1S/C18H18N2O5/c1-12-3-5-14(20(22)23)10-15(12)18(21)19-11-13-4-6-16-17(9-13)25-8-2-7-24-16/h3-6,9-10H,2,7-8,11H2,1H3,(H,19,21). The van der Waals surface area contributed by atoms with Gasteiger partial charge in [0.2, 0.25) is 0 Å². The van der Waals surface area contributed by atoms with Gasteiger partial charge >= 0.3 is 0 Å². The molecule has 0 aliphatic carbocycles. The van der Waals surface area contributed by atoms with Crippen LogP contribution in [-0.4, -0.2) is 24.0 Å². The van der Waals surface area contributed by atoms with Crippen LogP contribution < -0.4 is 14.8 Å². The molecule has 0 spiro atoms. The number of carbonyl (C=O) groups excluding carboxylic acids is 1. The van der Waals surface area contributed by atoms with Crippen LogP contribution in [0, 0.1) is 17.0 Å². The average molecular weight is 342 g/mol. The fourth-order valence-electron chi connectivity index (χ4n) is 2.56. The molecule has 7 heteroatoms. The van der Waals surface area contributed by atoms with Gasteiger partial charge in [0, 0.05) is 30.7 Å². The number of amides is 1. The number of non-ortho nitro benzene ring substituents is 1. The first-order valence-electron chi connectivity index (χ1n) is 7.96. The largest absolute Gasteiger partial charge is 0.490 e. The van der Waals surface area contributed by atoms with Crippen LogP contribution in [0.4, 0.5) is 5.69 Å². The van der Waals surface area contributed by atoms with E-state index < -0.39 is 4.92 Å². The Morgan fingerprint density at radius 1 is 1.16 bits per heavy atom. The monoisotopic (exact) mass is 342 g/mol. The highest BCUT2D eigenvalue weighted by molar-refractivity contribution is 5.96. The fraction of sp³-hybridized carbons (Fsp3) is 0.278. The number of carbonyl (C=O) groups is 1. The van der Waals surface area contributed by atoms with Crippen molar-refractivity contribution in [3.05, 3.63) is 63.2 Å². The van der Waals surface area contributed by atoms with Crippen LogP contribution in [0.5, 0.6) is 11.5 Å². The van der Waals surface area contributed by atoms with Crippen LogP contribution in [0.15, 0.2) is 36.4 Å². The fourth-order valence-corrected chi connectivity index (χ4v) is 2.56. The summed E-state index contributed by atoms with van der Waals surface area (Å²) in [4.78, 5) is 22.7. The van der Waals surface area contributed by atoms with E-state index in [9.17, 15) is 14.9 Å². The maximum Gasteiger partial charge on any atom is 0.270 e. The van der Waals surface area contributed by atoms with Crippen molar-refractivity contribution in [2.45, 2.75) is 19.9 Å². The first-order valence-corrected chi connectivity index (χ1v) is 7.96. The predicted molar refractivity (Wildman–Crippen MR) is 91.1 cm³/mol. The highest BCUT2D eigenvalue weighted by Crippen LogP contribution is 2.30. The molecule has 0 saturated heterocycles. The number of benzene rings is 2. The van der Waals surface area contributed by atoms with Crippen molar-refractivity contribution in [1.82, 2.24) is 5.32 Å². The van der Waals surface area contributed by atoms with Gasteiger partial charge in [0.15, 0.2) is 11.5 Å². The number of ether oxygens (including phenoxy) is 2. The zero-order chi connectivity index (χ0) is 17.8. The first kappa shape index (κ1) is 16.8. The first-order chi connectivity index (χ1) is 12.0. The Morgan fingerprint density at radius 3 is 2.68 bits per heavy atom. The Kier molecular flexibility index (Phi) is 4.83. The van der Waals surface area contributed by atoms with Gasteiger partial charge in [0.05, 0.1) is 18.1 Å². The molecule has 0 atom stereocenters. The van der Waals surface area contributed by atoms with Gasteiger partial charge in [-0.05, 0) is 30.2 Å². The van der Waals surface area contributed by atoms with Crippen molar-refractivity contribution in [1.29, 1.82) is 0 Å². The molecule has 1 amide bonds. The number of hydrogen-bond acceptors (Lipinski definition) is 5. The Morgan fingerprint density at radius 2 is 1.92 bits per heavy atom. The molecule has 1 N–H and O–H groups in total. The van der Waals surface area contributed by atoms with Gasteiger partial charge in [-0.25, -0.2) is 0 Å². The van der Waals surface area contributed by atoms with E-state index in [0.717, 1.165) is 12.0 Å². The van der Waals surface area contributed by atoms with E-state index in [4.69, 9.17) is 9.47 Å². The summed E-state index contributed by atoms with van der Waals surface area (Å²) < 4.78 is 11.2. The molecule has 0 aromatic heterocycles. The Bertz CT molecular complexity index is 819. The third-order valence-corrected chi connectivity index (χ3v) is 3.94. The van der Waals surface area contributed by atoms with Gasteiger partial charge in [-0.3, -0.25) is 14.9 Å². The number of nitro benzene ring substituents is 1. The molecular weight excluding hydrogens is 324 g/mol. The lowest BCUT2D eigenvalue weighted by molar-refractivity contribution is -0.384. The minimum absolute atomic E-state index is 0.105. The summed E-state index contributed by atoms with van der Waals surface area (Å²) in [5.41, 5.74) is 1.73. The van der Waals surface area contributed by atoms with Gasteiger partial charge in [-0.15, -0.1) is 0 Å². The van der Waals surface area contributed by atoms with E-state index in [1.807, 2.05) is 18.2 Å². The van der Waals surface area contributed by atoms with Crippen LogP contribution in [-0.2, 0) is 6.54 Å². The van der Waals surface area contributed by atoms with Crippen molar-refractivity contribution in [2.75, 3.05) is 13.2 Å². The maximum atomic E-state index is 12.4. The third-order valence-electron chi connectivity index (χ3n) is 3.94. The topological polar surface area (TPSA) is 90.7 Å². The van der Waals surface area contributed by atoms with Crippen molar-refractivity contribution in [3.8, 4) is 11.5 Å². The third kappa shape index (κ3) is 3.88. The highest BCUT2D eigenvalue weighted by atomic mass is 16.6. The summed E-state index contributed by atoms with van der Waals surface area (Å²) in [5, 5.41) is 13.7. The van der Waals surface area contributed by atoms with Crippen LogP contribution in [0.2, 0.25) is 0 Å². The molecule has 0 saturated carbocycles. The van der Waals surface area contributed by atoms with Crippen molar-refractivity contribution in [3.63, 3.8) is 0 Å². The minimum Gasteiger partial charge on any atom is -0.490 e. The van der Waals surface area contributed by atoms with Gasteiger partial charge < -0.3 is 14.8 Å². The molecule has 1 aliphatic rings. The summed E-state index contributed by atoms with van der Waals surface area (Å²) in [5.74, 6) is 1.01. The normalized spacial score (nSPS) is 13.0. The van der Waals surface area contributed by atoms with Crippen molar-refractivity contribution < 1.29 is 19.2 Å². The lowest BCUT2D eigenvalue weighted by atomic mass is 10.1. The van der Waals surface area contributed by atoms with Gasteiger partial charge in [0.25, 0.3) is 11.6 Å². The van der Waals surface area contributed by atoms with E-state index in [0.29, 0.717) is 35.8 Å². The molecule has 25 heavy (non-hydrogen) atoms. The second-order valence-electron chi connectivity index (χ2n) is 5.77. The SMILES string of the molecule is Cc1ccc([N+](=O)[O-])cc1C(=O)NCc1ccc2c(c1)OCCCO2. The summed E-state index contributed by atoms with van der Waals surface area (Å²) in [6.45, 7) is 3.24. The summed E-state index contributed by atoms with van der Waals surface area (Å²) in [6, 6.07) is 9.76. The molecular formula is C18H18N2O5. The van der Waals surface area contributed by atoms with Crippen LogP contribution in [0.1, 0.15) is 27.9 Å². The molecule has 0 radical (unpaired) electrons. The maximum absolute atomic E-state index is 12.4. The van der Waals surface area contributed by atoms with Crippen LogP contribution in [0.25, 0.3) is 0 Å². The Labute approximate surface area is 144 Å². The minimum atomic E-state index is -0.514. The lowest BCUT2D eigenvalue weighted by Crippen LogP contribution is -2.23. The predicted octanol–water partition coefficient (Wildman–Crippen LogP) is 2.99. The molecule has 1 aliphatic heterocycles. The van der Waals surface area contributed by atoms with E-state index in [-0.39, 0.29) is 18.1 Å². The zero-order valence-electron chi connectivity index (χ0n) is 13.8. The molecule has 130 valence electrons. The molecule has 2 aromatic rings. The highest BCUT2D eigenvalue weighted by Gasteiger charge is 2.15. The van der Waals surface area contributed by atoms with Gasteiger partial charge in [0.1, 0.15) is 0 Å². The van der Waals surface area contributed by atoms with E-state index in [1.54, 1.807) is 13.0 Å². The molecule has 7 nitrogen and oxygen atoms in total. The zero-order valence-corrected chi connectivity index (χ0v) is 13.8. The van der Waals surface area contributed by atoms with Gasteiger partial charge in [-0.1, -0.05) is 12.1 Å². The van der Waals surface area contributed by atoms with E-state index in [2.05, 4.69) is 5.32 Å². The Hall–Kier alpha value is -3.09. The molecule has 2 aromatic carbocycles. The summed E-state index contributed by atoms with van der Waals surface area (Å²) in [6.07, 6.45) is 0.826. The number of rotatable bonds is 4. The Balaban J connectivity index is 1.71. The van der Waals surface area contributed by atoms with Crippen LogP contribution >= 0.6 is 0 Å². The molecule has 0 bridgehead atoms. The van der Waals surface area contributed by atoms with E-state index in [1.165, 1.54) is 12.1 Å². The quantitative estimate of drug-likeness (QED) is 0.681. The van der Waals surface area contributed by atoms with Crippen molar-refractivity contribution in [2.24, 2.45) is 0 Å². The van der Waals surface area contributed by atoms with E-state index >= 15 is 0 Å². The second kappa shape index (κ2) is 7.21. The number of aryl methyl sites for hydroxylation is 1. The number of nitrogens with one attached hydrogen (secondary N) is 1. The number of nitro groups is 1. The molecule has 1 heterocycles. The number of nitrogens with zero attached hydrogens (tertiary/aromatic N) is 1.